The number of carbonyl (C=O) groups excluding carboxylic acids is 1. The van der Waals surface area contributed by atoms with E-state index in [0.29, 0.717) is 31.3 Å². The minimum Gasteiger partial charge on any atom is -0.490 e. The lowest BCUT2D eigenvalue weighted by atomic mass is 10.0. The van der Waals surface area contributed by atoms with Crippen LogP contribution in [0.3, 0.4) is 0 Å². The fourth-order valence-electron chi connectivity index (χ4n) is 3.57. The summed E-state index contributed by atoms with van der Waals surface area (Å²) in [5, 5.41) is 0. The Balaban J connectivity index is 1.88. The molecule has 1 aliphatic rings. The zero-order valence-corrected chi connectivity index (χ0v) is 19.8. The summed E-state index contributed by atoms with van der Waals surface area (Å²) in [6.07, 6.45) is 2.94. The van der Waals surface area contributed by atoms with Crippen LogP contribution in [0, 0.1) is 0 Å². The first-order chi connectivity index (χ1) is 14.2. The number of amides is 1. The van der Waals surface area contributed by atoms with Crippen molar-refractivity contribution in [3.05, 3.63) is 45.9 Å². The highest BCUT2D eigenvalue weighted by Crippen LogP contribution is 2.35. The molecule has 0 atom stereocenters. The summed E-state index contributed by atoms with van der Waals surface area (Å²) in [5.41, 5.74) is 2.48. The standard InChI is InChI=1S/C22H26BrNO5S/c1-4-28-20-12-16(18(23)14-21(20)29-5-2)13-22(25)24-10-6-7-15-11-17(30(3,26)27)8-9-19(15)24/h8-9,11-12,14H,4-7,10,13H2,1-3H3. The van der Waals surface area contributed by atoms with E-state index >= 15 is 0 Å². The molecule has 6 nitrogen and oxygen atoms in total. The third kappa shape index (κ3) is 4.98. The summed E-state index contributed by atoms with van der Waals surface area (Å²) >= 11 is 3.55. The molecule has 8 heteroatoms. The average molecular weight is 496 g/mol. The largest absolute Gasteiger partial charge is 0.490 e. The van der Waals surface area contributed by atoms with E-state index in [2.05, 4.69) is 15.9 Å². The third-order valence-electron chi connectivity index (χ3n) is 4.95. The van der Waals surface area contributed by atoms with Crippen LogP contribution >= 0.6 is 15.9 Å². The molecular formula is C22H26BrNO5S. The SMILES string of the molecule is CCOc1cc(Br)c(CC(=O)N2CCCc3cc(S(C)(=O)=O)ccc32)cc1OCC. The van der Waals surface area contributed by atoms with E-state index in [0.717, 1.165) is 34.1 Å². The Kier molecular flexibility index (Phi) is 7.08. The number of halogens is 1. The van der Waals surface area contributed by atoms with Gasteiger partial charge in [-0.3, -0.25) is 4.79 Å². The third-order valence-corrected chi connectivity index (χ3v) is 6.80. The molecule has 0 bridgehead atoms. The number of anilines is 1. The Morgan fingerprint density at radius 3 is 2.40 bits per heavy atom. The zero-order chi connectivity index (χ0) is 21.9. The van der Waals surface area contributed by atoms with Crippen LogP contribution < -0.4 is 14.4 Å². The Bertz CT molecular complexity index is 1050. The number of hydrogen-bond acceptors (Lipinski definition) is 5. The molecule has 2 aromatic rings. The minimum atomic E-state index is -3.28. The number of carbonyl (C=O) groups is 1. The number of aryl methyl sites for hydroxylation is 1. The summed E-state index contributed by atoms with van der Waals surface area (Å²) in [7, 11) is -3.28. The van der Waals surface area contributed by atoms with Crippen molar-refractivity contribution in [2.45, 2.75) is 38.0 Å². The predicted molar refractivity (Wildman–Crippen MR) is 120 cm³/mol. The van der Waals surface area contributed by atoms with Crippen LogP contribution in [0.4, 0.5) is 5.69 Å². The fraction of sp³-hybridized carbons (Fsp3) is 0.409. The first-order valence-corrected chi connectivity index (χ1v) is 12.6. The number of ether oxygens (including phenoxy) is 2. The molecule has 0 radical (unpaired) electrons. The topological polar surface area (TPSA) is 72.9 Å². The van der Waals surface area contributed by atoms with Crippen molar-refractivity contribution in [2.24, 2.45) is 0 Å². The van der Waals surface area contributed by atoms with Gasteiger partial charge in [0.05, 0.1) is 24.5 Å². The van der Waals surface area contributed by atoms with Gasteiger partial charge in [-0.05, 0) is 68.1 Å². The summed E-state index contributed by atoms with van der Waals surface area (Å²) < 4.78 is 35.8. The van der Waals surface area contributed by atoms with Crippen LogP contribution in [-0.2, 0) is 27.5 Å². The van der Waals surface area contributed by atoms with E-state index in [9.17, 15) is 13.2 Å². The first-order valence-electron chi connectivity index (χ1n) is 9.96. The molecule has 1 heterocycles. The van der Waals surface area contributed by atoms with Gasteiger partial charge in [0.15, 0.2) is 21.3 Å². The maximum atomic E-state index is 13.2. The lowest BCUT2D eigenvalue weighted by Gasteiger charge is -2.30. The average Bonchev–Trinajstić information content (AvgIpc) is 2.70. The van der Waals surface area contributed by atoms with E-state index < -0.39 is 9.84 Å². The summed E-state index contributed by atoms with van der Waals surface area (Å²) in [6, 6.07) is 8.67. The molecule has 0 unspecified atom stereocenters. The van der Waals surface area contributed by atoms with Gasteiger partial charge in [-0.1, -0.05) is 15.9 Å². The van der Waals surface area contributed by atoms with Crippen molar-refractivity contribution in [2.75, 3.05) is 30.9 Å². The number of hydrogen-bond donors (Lipinski definition) is 0. The molecule has 1 aliphatic heterocycles. The molecule has 0 saturated heterocycles. The van der Waals surface area contributed by atoms with E-state index in [4.69, 9.17) is 9.47 Å². The Morgan fingerprint density at radius 2 is 1.77 bits per heavy atom. The first kappa shape index (κ1) is 22.6. The van der Waals surface area contributed by atoms with Gasteiger partial charge in [0.2, 0.25) is 5.91 Å². The summed E-state index contributed by atoms with van der Waals surface area (Å²) in [4.78, 5) is 15.2. The molecule has 162 valence electrons. The van der Waals surface area contributed by atoms with Crippen molar-refractivity contribution >= 4 is 37.4 Å². The Hall–Kier alpha value is -2.06. The lowest BCUT2D eigenvalue weighted by molar-refractivity contribution is -0.118. The van der Waals surface area contributed by atoms with E-state index in [1.54, 1.807) is 23.1 Å². The van der Waals surface area contributed by atoms with Crippen molar-refractivity contribution in [3.8, 4) is 11.5 Å². The number of benzene rings is 2. The number of nitrogens with zero attached hydrogens (tertiary/aromatic N) is 1. The van der Waals surface area contributed by atoms with Crippen molar-refractivity contribution in [1.82, 2.24) is 0 Å². The van der Waals surface area contributed by atoms with Gasteiger partial charge in [0.1, 0.15) is 0 Å². The van der Waals surface area contributed by atoms with Gasteiger partial charge in [-0.2, -0.15) is 0 Å². The maximum Gasteiger partial charge on any atom is 0.231 e. The molecule has 1 amide bonds. The highest BCUT2D eigenvalue weighted by atomic mass is 79.9. The van der Waals surface area contributed by atoms with Gasteiger partial charge in [-0.15, -0.1) is 0 Å². The second-order valence-corrected chi connectivity index (χ2v) is 10.0. The van der Waals surface area contributed by atoms with Crippen LogP contribution in [-0.4, -0.2) is 40.3 Å². The monoisotopic (exact) mass is 495 g/mol. The molecule has 0 N–H and O–H groups in total. The maximum absolute atomic E-state index is 13.2. The van der Waals surface area contributed by atoms with Gasteiger partial charge in [-0.25, -0.2) is 8.42 Å². The minimum absolute atomic E-state index is 0.0460. The van der Waals surface area contributed by atoms with Gasteiger partial charge in [0, 0.05) is 23.0 Å². The Labute approximate surface area is 186 Å². The molecular weight excluding hydrogens is 470 g/mol. The number of fused-ring (bicyclic) bond motifs is 1. The van der Waals surface area contributed by atoms with Crippen LogP contribution in [0.5, 0.6) is 11.5 Å². The van der Waals surface area contributed by atoms with E-state index in [1.807, 2.05) is 26.0 Å². The zero-order valence-electron chi connectivity index (χ0n) is 17.4. The van der Waals surface area contributed by atoms with Crippen LogP contribution in [0.25, 0.3) is 0 Å². The number of sulfone groups is 1. The van der Waals surface area contributed by atoms with Gasteiger partial charge < -0.3 is 14.4 Å². The van der Waals surface area contributed by atoms with Gasteiger partial charge in [0.25, 0.3) is 0 Å². The predicted octanol–water partition coefficient (Wildman–Crippen LogP) is 4.17. The van der Waals surface area contributed by atoms with E-state index in [1.165, 1.54) is 6.26 Å². The van der Waals surface area contributed by atoms with Crippen molar-refractivity contribution < 1.29 is 22.7 Å². The molecule has 0 saturated carbocycles. The highest BCUT2D eigenvalue weighted by Gasteiger charge is 2.25. The lowest BCUT2D eigenvalue weighted by Crippen LogP contribution is -2.36. The second-order valence-electron chi connectivity index (χ2n) is 7.14. The van der Waals surface area contributed by atoms with Crippen LogP contribution in [0.1, 0.15) is 31.4 Å². The Morgan fingerprint density at radius 1 is 1.10 bits per heavy atom. The smallest absolute Gasteiger partial charge is 0.231 e. The highest BCUT2D eigenvalue weighted by molar-refractivity contribution is 9.10. The molecule has 0 aromatic heterocycles. The van der Waals surface area contributed by atoms with Crippen LogP contribution in [0.15, 0.2) is 39.7 Å². The van der Waals surface area contributed by atoms with Crippen molar-refractivity contribution in [1.29, 1.82) is 0 Å². The molecule has 0 aliphatic carbocycles. The molecule has 3 rings (SSSR count). The number of rotatable bonds is 7. The quantitative estimate of drug-likeness (QED) is 0.576. The summed E-state index contributed by atoms with van der Waals surface area (Å²) in [5.74, 6) is 1.21. The molecule has 0 fully saturated rings. The fourth-order valence-corrected chi connectivity index (χ4v) is 4.70. The molecule has 30 heavy (non-hydrogen) atoms. The molecule has 0 spiro atoms. The molecule has 2 aromatic carbocycles. The van der Waals surface area contributed by atoms with Crippen molar-refractivity contribution in [3.63, 3.8) is 0 Å². The second kappa shape index (κ2) is 9.39. The van der Waals surface area contributed by atoms with Gasteiger partial charge >= 0.3 is 0 Å². The van der Waals surface area contributed by atoms with E-state index in [-0.39, 0.29) is 17.2 Å². The summed E-state index contributed by atoms with van der Waals surface area (Å²) in [6.45, 7) is 5.43. The normalized spacial score (nSPS) is 13.7. The van der Waals surface area contributed by atoms with Crippen LogP contribution in [0.2, 0.25) is 0 Å².